The highest BCUT2D eigenvalue weighted by atomic mass is 32.2. The summed E-state index contributed by atoms with van der Waals surface area (Å²) in [5.41, 5.74) is 4.77. The molecule has 7 rings (SSSR count). The largest absolute Gasteiger partial charge is 0.490 e. The van der Waals surface area contributed by atoms with Gasteiger partial charge in [-0.2, -0.15) is 0 Å². The third kappa shape index (κ3) is 7.00. The maximum absolute atomic E-state index is 14.4. The van der Waals surface area contributed by atoms with Crippen molar-refractivity contribution in [2.45, 2.75) is 24.1 Å². The van der Waals surface area contributed by atoms with Crippen LogP contribution in [0.25, 0.3) is 11.4 Å². The molecule has 1 aliphatic heterocycles. The van der Waals surface area contributed by atoms with E-state index in [9.17, 15) is 9.59 Å². The Morgan fingerprint density at radius 1 is 0.750 bits per heavy atom. The maximum Gasteiger partial charge on any atom is 0.290 e. The van der Waals surface area contributed by atoms with Crippen LogP contribution in [0.1, 0.15) is 34.9 Å². The monoisotopic (exact) mass is 706 g/mol. The highest BCUT2D eigenvalue weighted by molar-refractivity contribution is 8.15. The molecule has 0 radical (unpaired) electrons. The number of imidazole rings is 1. The first-order valence-corrected chi connectivity index (χ1v) is 18.0. The van der Waals surface area contributed by atoms with E-state index in [4.69, 9.17) is 14.6 Å². The molecule has 1 aliphatic rings. The van der Waals surface area contributed by atoms with Gasteiger partial charge >= 0.3 is 0 Å². The number of aromatic nitrogens is 2. The van der Waals surface area contributed by atoms with Crippen LogP contribution in [-0.2, 0) is 28.6 Å². The molecule has 1 fully saturated rings. The molecule has 6 aromatic rings. The van der Waals surface area contributed by atoms with Crippen molar-refractivity contribution < 1.29 is 19.2 Å². The van der Waals surface area contributed by atoms with Crippen LogP contribution in [0.3, 0.4) is 0 Å². The Morgan fingerprint density at radius 3 is 1.85 bits per heavy atom. The molecule has 1 atom stereocenters. The summed E-state index contributed by atoms with van der Waals surface area (Å²) in [5.74, 6) is 1.31. The number of carbonyl (C=O) groups is 2. The van der Waals surface area contributed by atoms with Gasteiger partial charge in [-0.15, -0.1) is 0 Å². The number of benzene rings is 5. The Balaban J connectivity index is 1.00. The first kappa shape index (κ1) is 34.5. The molecule has 0 aliphatic carbocycles. The van der Waals surface area contributed by atoms with Crippen LogP contribution >= 0.6 is 11.8 Å². The number of hydrogen-bond acceptors (Lipinski definition) is 7. The van der Waals surface area contributed by atoms with Crippen molar-refractivity contribution >= 4 is 28.6 Å². The zero-order valence-electron chi connectivity index (χ0n) is 29.0. The first-order chi connectivity index (χ1) is 25.4. The van der Waals surface area contributed by atoms with Crippen molar-refractivity contribution in [2.24, 2.45) is 12.2 Å². The minimum Gasteiger partial charge on any atom is -0.490 e. The zero-order chi connectivity index (χ0) is 35.9. The summed E-state index contributed by atoms with van der Waals surface area (Å²) in [7, 11) is 1.96. The van der Waals surface area contributed by atoms with Crippen molar-refractivity contribution in [3.05, 3.63) is 180 Å². The average molecular weight is 707 g/mol. The second-order valence-electron chi connectivity index (χ2n) is 12.5. The smallest absolute Gasteiger partial charge is 0.290 e. The molecular weight excluding hydrogens is 669 g/mol. The van der Waals surface area contributed by atoms with Crippen molar-refractivity contribution in [1.82, 2.24) is 14.5 Å². The van der Waals surface area contributed by atoms with Crippen LogP contribution < -0.4 is 4.74 Å². The molecule has 260 valence electrons. The standard InChI is InChI=1S/C43H38N4O4S/c1-31(38-30-46(2)40(44-38)33-15-7-3-8-16-33)45-51-28-27-50-37-25-23-32(24-26-37)29-39-41(48)47(42(49)52-39)43(34-17-9-4-10-18-34,35-19-11-5-12-20-35)36-21-13-6-14-22-36/h3-26,30,39H,27-29H2,1-2H3. The Hall–Kier alpha value is -5.93. The number of nitrogens with zero attached hydrogens (tertiary/aromatic N) is 4. The lowest BCUT2D eigenvalue weighted by Gasteiger charge is -2.42. The number of amides is 2. The van der Waals surface area contributed by atoms with E-state index in [2.05, 4.69) is 5.16 Å². The quantitative estimate of drug-likeness (QED) is 0.0518. The van der Waals surface area contributed by atoms with E-state index in [0.29, 0.717) is 24.5 Å². The average Bonchev–Trinajstić information content (AvgIpc) is 3.72. The molecule has 0 saturated carbocycles. The fraction of sp³-hybridized carbons (Fsp3) is 0.163. The molecule has 0 bridgehead atoms. The highest BCUT2D eigenvalue weighted by Gasteiger charge is 2.53. The molecule has 1 aromatic heterocycles. The molecule has 1 unspecified atom stereocenters. The van der Waals surface area contributed by atoms with Crippen molar-refractivity contribution in [2.75, 3.05) is 13.2 Å². The van der Waals surface area contributed by atoms with E-state index in [-0.39, 0.29) is 17.8 Å². The van der Waals surface area contributed by atoms with Crippen molar-refractivity contribution in [3.63, 3.8) is 0 Å². The number of thioether (sulfide) groups is 1. The molecule has 0 spiro atoms. The van der Waals surface area contributed by atoms with Crippen molar-refractivity contribution in [1.29, 1.82) is 0 Å². The minimum absolute atomic E-state index is 0.220. The van der Waals surface area contributed by atoms with E-state index in [1.165, 1.54) is 4.90 Å². The Morgan fingerprint density at radius 2 is 1.29 bits per heavy atom. The van der Waals surface area contributed by atoms with Crippen LogP contribution in [0.5, 0.6) is 5.75 Å². The van der Waals surface area contributed by atoms with Crippen LogP contribution in [0.2, 0.25) is 0 Å². The molecular formula is C43H38N4O4S. The van der Waals surface area contributed by atoms with Crippen molar-refractivity contribution in [3.8, 4) is 17.1 Å². The van der Waals surface area contributed by atoms with Gasteiger partial charge in [0, 0.05) is 18.8 Å². The van der Waals surface area contributed by atoms with Gasteiger partial charge in [-0.1, -0.05) is 150 Å². The molecule has 8 nitrogen and oxygen atoms in total. The fourth-order valence-electron chi connectivity index (χ4n) is 6.63. The van der Waals surface area contributed by atoms with Gasteiger partial charge in [0.25, 0.3) is 5.24 Å². The number of oxime groups is 1. The Kier molecular flexibility index (Phi) is 10.3. The predicted octanol–water partition coefficient (Wildman–Crippen LogP) is 8.51. The van der Waals surface area contributed by atoms with E-state index in [1.807, 2.05) is 170 Å². The minimum atomic E-state index is -1.13. The van der Waals surface area contributed by atoms with E-state index >= 15 is 0 Å². The van der Waals surface area contributed by atoms with Crippen LogP contribution in [-0.4, -0.2) is 49.8 Å². The summed E-state index contributed by atoms with van der Waals surface area (Å²) in [6.07, 6.45) is 2.33. The molecule has 2 heterocycles. The zero-order valence-corrected chi connectivity index (χ0v) is 29.8. The second-order valence-corrected chi connectivity index (χ2v) is 13.6. The van der Waals surface area contributed by atoms with E-state index < -0.39 is 10.8 Å². The van der Waals surface area contributed by atoms with Gasteiger partial charge in [-0.3, -0.25) is 14.5 Å². The van der Waals surface area contributed by atoms with Gasteiger partial charge in [0.1, 0.15) is 35.1 Å². The topological polar surface area (TPSA) is 86.0 Å². The highest BCUT2D eigenvalue weighted by Crippen LogP contribution is 2.47. The number of hydrogen-bond donors (Lipinski definition) is 0. The predicted molar refractivity (Wildman–Crippen MR) is 205 cm³/mol. The van der Waals surface area contributed by atoms with Gasteiger partial charge < -0.3 is 14.1 Å². The third-order valence-corrected chi connectivity index (χ3v) is 10.1. The van der Waals surface area contributed by atoms with Gasteiger partial charge in [-0.05, 0) is 47.7 Å². The summed E-state index contributed by atoms with van der Waals surface area (Å²) >= 11 is 1.08. The Labute approximate surface area is 307 Å². The molecule has 5 aromatic carbocycles. The van der Waals surface area contributed by atoms with Gasteiger partial charge in [0.15, 0.2) is 6.61 Å². The molecule has 0 N–H and O–H groups in total. The molecule has 9 heteroatoms. The number of rotatable bonds is 13. The Bertz CT molecular complexity index is 2060. The second kappa shape index (κ2) is 15.5. The maximum atomic E-state index is 14.4. The number of carbonyl (C=O) groups excluding carboxylic acids is 2. The summed E-state index contributed by atoms with van der Waals surface area (Å²) in [5, 5.41) is 3.38. The van der Waals surface area contributed by atoms with Gasteiger partial charge in [0.2, 0.25) is 5.91 Å². The fourth-order valence-corrected chi connectivity index (χ4v) is 7.69. The summed E-state index contributed by atoms with van der Waals surface area (Å²) in [6, 6.07) is 47.0. The van der Waals surface area contributed by atoms with E-state index in [1.54, 1.807) is 0 Å². The molecule has 52 heavy (non-hydrogen) atoms. The van der Waals surface area contributed by atoms with Crippen LogP contribution in [0, 0.1) is 0 Å². The summed E-state index contributed by atoms with van der Waals surface area (Å²) < 4.78 is 7.87. The molecule has 1 saturated heterocycles. The first-order valence-electron chi connectivity index (χ1n) is 17.1. The van der Waals surface area contributed by atoms with E-state index in [0.717, 1.165) is 51.1 Å². The normalized spacial score (nSPS) is 14.8. The third-order valence-electron chi connectivity index (χ3n) is 9.10. The number of imide groups is 1. The van der Waals surface area contributed by atoms with Gasteiger partial charge in [0.05, 0.1) is 5.25 Å². The number of aryl methyl sites for hydroxylation is 1. The lowest BCUT2D eigenvalue weighted by atomic mass is 9.75. The van der Waals surface area contributed by atoms with Crippen LogP contribution in [0.4, 0.5) is 4.79 Å². The summed E-state index contributed by atoms with van der Waals surface area (Å²) in [4.78, 5) is 40.1. The molecule has 2 amide bonds. The van der Waals surface area contributed by atoms with Crippen LogP contribution in [0.15, 0.2) is 157 Å². The lowest BCUT2D eigenvalue weighted by molar-refractivity contribution is -0.129. The lowest BCUT2D eigenvalue weighted by Crippen LogP contribution is -2.51. The van der Waals surface area contributed by atoms with Gasteiger partial charge in [-0.25, -0.2) is 4.98 Å². The number of ether oxygens (including phenoxy) is 1. The SMILES string of the molecule is CC(=NOCCOc1ccc(CC2SC(=O)N(C(c3ccccc3)(c3ccccc3)c3ccccc3)C2=O)cc1)c1cn(C)c(-c2ccccc2)n1. The summed E-state index contributed by atoms with van der Waals surface area (Å²) in [6.45, 7) is 2.42.